The summed E-state index contributed by atoms with van der Waals surface area (Å²) in [5.74, 6) is 0.698. The topological polar surface area (TPSA) is 80.3 Å². The summed E-state index contributed by atoms with van der Waals surface area (Å²) < 4.78 is 3.17. The Labute approximate surface area is 148 Å². The molecule has 1 saturated heterocycles. The van der Waals surface area contributed by atoms with E-state index < -0.39 is 0 Å². The Morgan fingerprint density at radius 1 is 1.21 bits per heavy atom. The summed E-state index contributed by atoms with van der Waals surface area (Å²) in [6.45, 7) is 5.29. The summed E-state index contributed by atoms with van der Waals surface area (Å²) in [5, 5.41) is 0.899. The zero-order valence-corrected chi connectivity index (χ0v) is 15.2. The molecular weight excluding hydrogens is 372 g/mol. The van der Waals surface area contributed by atoms with Gasteiger partial charge in [0.05, 0.1) is 5.39 Å². The number of hydrogen-bond donors (Lipinski definition) is 1. The van der Waals surface area contributed by atoms with E-state index in [1.807, 2.05) is 4.90 Å². The first-order chi connectivity index (χ1) is 11.5. The zero-order chi connectivity index (χ0) is 16.8. The second-order valence-corrected chi connectivity index (χ2v) is 7.52. The number of carbonyl (C=O) groups excluding carboxylic acids is 1. The number of carbonyl (C=O) groups is 1. The quantitative estimate of drug-likeness (QED) is 0.839. The average molecular weight is 393 g/mol. The van der Waals surface area contributed by atoms with E-state index in [-0.39, 0.29) is 5.91 Å². The minimum Gasteiger partial charge on any atom is -0.383 e. The molecule has 2 aliphatic rings. The number of piperazine rings is 1. The number of aromatic nitrogens is 3. The van der Waals surface area contributed by atoms with Gasteiger partial charge in [-0.1, -0.05) is 0 Å². The minimum absolute atomic E-state index is 0.182. The highest BCUT2D eigenvalue weighted by Crippen LogP contribution is 2.40. The number of anilines is 1. The Morgan fingerprint density at radius 2 is 1.92 bits per heavy atom. The van der Waals surface area contributed by atoms with Crippen molar-refractivity contribution >= 4 is 38.7 Å². The van der Waals surface area contributed by atoms with E-state index in [1.165, 1.54) is 6.33 Å². The van der Waals surface area contributed by atoms with Gasteiger partial charge in [0.15, 0.2) is 0 Å². The van der Waals surface area contributed by atoms with Gasteiger partial charge in [-0.25, -0.2) is 9.97 Å². The van der Waals surface area contributed by atoms with Crippen molar-refractivity contribution in [3.8, 4) is 0 Å². The summed E-state index contributed by atoms with van der Waals surface area (Å²) in [6.07, 6.45) is 5.82. The minimum atomic E-state index is 0.182. The van der Waals surface area contributed by atoms with Crippen LogP contribution < -0.4 is 5.73 Å². The number of hydrogen-bond acceptors (Lipinski definition) is 5. The van der Waals surface area contributed by atoms with Gasteiger partial charge in [0.25, 0.3) is 0 Å². The molecule has 2 aromatic rings. The van der Waals surface area contributed by atoms with E-state index in [9.17, 15) is 4.79 Å². The Bertz CT molecular complexity index is 776. The first kappa shape index (κ1) is 15.8. The van der Waals surface area contributed by atoms with E-state index in [1.54, 1.807) is 6.92 Å². The second kappa shape index (κ2) is 6.00. The van der Waals surface area contributed by atoms with Crippen LogP contribution in [0.4, 0.5) is 5.82 Å². The predicted octanol–water partition coefficient (Wildman–Crippen LogP) is 1.64. The third kappa shape index (κ3) is 2.57. The fourth-order valence-electron chi connectivity index (χ4n) is 3.83. The lowest BCUT2D eigenvalue weighted by atomic mass is 9.85. The number of amides is 1. The highest BCUT2D eigenvalue weighted by Gasteiger charge is 2.37. The maximum atomic E-state index is 11.4. The van der Waals surface area contributed by atoms with Crippen LogP contribution in [0.5, 0.6) is 0 Å². The highest BCUT2D eigenvalue weighted by molar-refractivity contribution is 9.10. The van der Waals surface area contributed by atoms with Gasteiger partial charge in [-0.15, -0.1) is 0 Å². The number of halogens is 1. The van der Waals surface area contributed by atoms with Crippen molar-refractivity contribution in [2.24, 2.45) is 0 Å². The molecular formula is C16H21BrN6O. The van der Waals surface area contributed by atoms with E-state index in [2.05, 4.69) is 41.6 Å². The highest BCUT2D eigenvalue weighted by atomic mass is 79.9. The third-order valence-corrected chi connectivity index (χ3v) is 5.95. The van der Waals surface area contributed by atoms with Crippen molar-refractivity contribution in [1.29, 1.82) is 0 Å². The SMILES string of the molecule is CC(=O)N1CCN([C@H]2C[C@@H](n3cc(Br)c4c(N)ncnc43)C2)CC1. The van der Waals surface area contributed by atoms with E-state index in [0.717, 1.165) is 54.5 Å². The molecule has 128 valence electrons. The Kier molecular flexibility index (Phi) is 3.96. The van der Waals surface area contributed by atoms with Crippen molar-refractivity contribution in [3.63, 3.8) is 0 Å². The largest absolute Gasteiger partial charge is 0.383 e. The van der Waals surface area contributed by atoms with Crippen molar-refractivity contribution < 1.29 is 4.79 Å². The Balaban J connectivity index is 1.43. The number of nitrogen functional groups attached to an aromatic ring is 1. The summed E-state index contributed by atoms with van der Waals surface area (Å²) in [5.41, 5.74) is 6.88. The molecule has 24 heavy (non-hydrogen) atoms. The molecule has 1 amide bonds. The van der Waals surface area contributed by atoms with Gasteiger partial charge in [0.2, 0.25) is 5.91 Å². The standard InChI is InChI=1S/C16H21BrN6O/c1-10(24)21-2-4-22(5-3-21)11-6-12(7-11)23-8-13(17)14-15(18)19-9-20-16(14)23/h8-9,11-12H,2-7H2,1H3,(H2,18,19,20)/t11-,12+. The predicted molar refractivity (Wildman–Crippen MR) is 95.5 cm³/mol. The molecule has 0 atom stereocenters. The van der Waals surface area contributed by atoms with Gasteiger partial charge in [-0.3, -0.25) is 9.69 Å². The van der Waals surface area contributed by atoms with Crippen molar-refractivity contribution in [2.45, 2.75) is 31.8 Å². The van der Waals surface area contributed by atoms with Crippen LogP contribution in [-0.4, -0.2) is 62.5 Å². The van der Waals surface area contributed by atoms with Crippen LogP contribution in [0.2, 0.25) is 0 Å². The fourth-order valence-corrected chi connectivity index (χ4v) is 4.43. The number of nitrogens with zero attached hydrogens (tertiary/aromatic N) is 5. The van der Waals surface area contributed by atoms with Crippen LogP contribution in [0.3, 0.4) is 0 Å². The molecule has 0 spiro atoms. The smallest absolute Gasteiger partial charge is 0.219 e. The normalized spacial score (nSPS) is 25.0. The van der Waals surface area contributed by atoms with Gasteiger partial charge in [0, 0.05) is 55.9 Å². The maximum Gasteiger partial charge on any atom is 0.219 e. The number of rotatable bonds is 2. The van der Waals surface area contributed by atoms with E-state index in [4.69, 9.17) is 5.73 Å². The summed E-state index contributed by atoms with van der Waals surface area (Å²) >= 11 is 3.57. The second-order valence-electron chi connectivity index (χ2n) is 6.66. The molecule has 0 bridgehead atoms. The molecule has 0 aromatic carbocycles. The van der Waals surface area contributed by atoms with Crippen molar-refractivity contribution in [1.82, 2.24) is 24.3 Å². The van der Waals surface area contributed by atoms with Gasteiger partial charge in [0.1, 0.15) is 17.8 Å². The number of nitrogens with two attached hydrogens (primary N) is 1. The molecule has 3 heterocycles. The zero-order valence-electron chi connectivity index (χ0n) is 13.7. The first-order valence-electron chi connectivity index (χ1n) is 8.30. The summed E-state index contributed by atoms with van der Waals surface area (Å²) in [4.78, 5) is 24.4. The molecule has 2 N–H and O–H groups in total. The third-order valence-electron chi connectivity index (χ3n) is 5.35. The Hall–Kier alpha value is -1.67. The summed E-state index contributed by atoms with van der Waals surface area (Å²) in [6, 6.07) is 1.04. The van der Waals surface area contributed by atoms with E-state index >= 15 is 0 Å². The lowest BCUT2D eigenvalue weighted by molar-refractivity contribution is -0.131. The molecule has 4 rings (SSSR count). The molecule has 1 aliphatic heterocycles. The van der Waals surface area contributed by atoms with Crippen LogP contribution in [0.1, 0.15) is 25.8 Å². The van der Waals surface area contributed by atoms with Gasteiger partial charge < -0.3 is 15.2 Å². The van der Waals surface area contributed by atoms with Crippen LogP contribution in [0.15, 0.2) is 17.0 Å². The fraction of sp³-hybridized carbons (Fsp3) is 0.562. The van der Waals surface area contributed by atoms with Gasteiger partial charge in [-0.2, -0.15) is 0 Å². The molecule has 0 unspecified atom stereocenters. The van der Waals surface area contributed by atoms with Crippen molar-refractivity contribution in [2.75, 3.05) is 31.9 Å². The summed E-state index contributed by atoms with van der Waals surface area (Å²) in [7, 11) is 0. The molecule has 1 saturated carbocycles. The molecule has 7 nitrogen and oxygen atoms in total. The molecule has 8 heteroatoms. The maximum absolute atomic E-state index is 11.4. The lowest BCUT2D eigenvalue weighted by Gasteiger charge is -2.46. The monoisotopic (exact) mass is 392 g/mol. The molecule has 0 radical (unpaired) electrons. The van der Waals surface area contributed by atoms with Gasteiger partial charge in [-0.05, 0) is 28.8 Å². The van der Waals surface area contributed by atoms with Crippen LogP contribution in [-0.2, 0) is 4.79 Å². The van der Waals surface area contributed by atoms with Crippen LogP contribution in [0, 0.1) is 0 Å². The van der Waals surface area contributed by atoms with Crippen molar-refractivity contribution in [3.05, 3.63) is 17.0 Å². The number of fused-ring (bicyclic) bond motifs is 1. The molecule has 2 aromatic heterocycles. The van der Waals surface area contributed by atoms with Crippen LogP contribution in [0.25, 0.3) is 11.0 Å². The first-order valence-corrected chi connectivity index (χ1v) is 9.10. The average Bonchev–Trinajstić information content (AvgIpc) is 2.85. The van der Waals surface area contributed by atoms with Gasteiger partial charge >= 0.3 is 0 Å². The van der Waals surface area contributed by atoms with E-state index in [0.29, 0.717) is 17.9 Å². The Morgan fingerprint density at radius 3 is 2.58 bits per heavy atom. The molecule has 1 aliphatic carbocycles. The molecule has 2 fully saturated rings. The van der Waals surface area contributed by atoms with Crippen LogP contribution >= 0.6 is 15.9 Å². The lowest BCUT2D eigenvalue weighted by Crippen LogP contribution is -2.54.